The molecule has 1 aliphatic heterocycles. The predicted molar refractivity (Wildman–Crippen MR) is 140 cm³/mol. The summed E-state index contributed by atoms with van der Waals surface area (Å²) in [7, 11) is -1.80. The number of carbonyl (C=O) groups excluding carboxylic acids is 2. The molecule has 1 amide bonds. The first-order valence-corrected chi connectivity index (χ1v) is 15.1. The fourth-order valence-corrected chi connectivity index (χ4v) is 11.5. The summed E-state index contributed by atoms with van der Waals surface area (Å²) in [6.07, 6.45) is 6.89. The van der Waals surface area contributed by atoms with Crippen molar-refractivity contribution < 1.29 is 14.3 Å². The summed E-state index contributed by atoms with van der Waals surface area (Å²) in [5.41, 5.74) is 7.41. The van der Waals surface area contributed by atoms with E-state index in [1.165, 1.54) is 6.08 Å². The van der Waals surface area contributed by atoms with Crippen LogP contribution in [0, 0.1) is 17.4 Å². The van der Waals surface area contributed by atoms with Gasteiger partial charge in [-0.05, 0) is 54.9 Å². The Morgan fingerprint density at radius 2 is 1.88 bits per heavy atom. The Morgan fingerprint density at radius 1 is 1.21 bits per heavy atom. The Hall–Kier alpha value is -2.39. The third kappa shape index (κ3) is 5.00. The number of hydrogen-bond acceptors (Lipinski definition) is 4. The number of nitrogens with zero attached hydrogens (tertiary/aromatic N) is 2. The van der Waals surface area contributed by atoms with Crippen molar-refractivity contribution in [2.24, 2.45) is 5.92 Å². The number of amides is 1. The van der Waals surface area contributed by atoms with Gasteiger partial charge in [0.25, 0.3) is 5.91 Å². The van der Waals surface area contributed by atoms with E-state index in [9.17, 15) is 9.59 Å². The van der Waals surface area contributed by atoms with Crippen molar-refractivity contribution in [3.63, 3.8) is 0 Å². The molecule has 1 saturated carbocycles. The van der Waals surface area contributed by atoms with Gasteiger partial charge >= 0.3 is 5.97 Å². The maximum Gasteiger partial charge on any atom is 0.332 e. The number of hydrogen-bond donors (Lipinski definition) is 0. The van der Waals surface area contributed by atoms with E-state index < -0.39 is 14.0 Å². The average molecular weight is 481 g/mol. The number of pyridine rings is 1. The molecule has 2 aliphatic rings. The molecular weight excluding hydrogens is 440 g/mol. The van der Waals surface area contributed by atoms with Gasteiger partial charge in [0.1, 0.15) is 13.8 Å². The molecule has 2 heterocycles. The zero-order chi connectivity index (χ0) is 25.0. The van der Waals surface area contributed by atoms with Crippen LogP contribution in [0.1, 0.15) is 90.2 Å². The SMILES string of the molecule is CCOC(=O)/C=C1\c2cccnc2C(=O)N1C1CCCC(C#C[Si](C(C)C)(C(C)C)C(C)C)C1. The molecule has 34 heavy (non-hydrogen) atoms. The van der Waals surface area contributed by atoms with Gasteiger partial charge in [-0.25, -0.2) is 4.79 Å². The topological polar surface area (TPSA) is 59.5 Å². The predicted octanol–water partition coefficient (Wildman–Crippen LogP) is 6.22. The number of esters is 1. The molecule has 3 rings (SSSR count). The van der Waals surface area contributed by atoms with Crippen molar-refractivity contribution in [2.75, 3.05) is 6.61 Å². The molecule has 5 nitrogen and oxygen atoms in total. The molecule has 0 spiro atoms. The standard InChI is InChI=1S/C28H40N2O3Si/c1-8-33-26(31)18-25-24-13-10-15-29-27(24)28(32)30(25)23-12-9-11-22(17-23)14-16-34(19(2)3,20(4)5)21(6)7/h10,13,15,18-23H,8-9,11-12,17H2,1-7H3/b25-18+. The lowest BCUT2D eigenvalue weighted by atomic mass is 9.85. The molecule has 184 valence electrons. The summed E-state index contributed by atoms with van der Waals surface area (Å²) in [5.74, 6) is 3.42. The molecule has 1 fully saturated rings. The summed E-state index contributed by atoms with van der Waals surface area (Å²) >= 11 is 0. The van der Waals surface area contributed by atoms with E-state index >= 15 is 0 Å². The van der Waals surface area contributed by atoms with Gasteiger partial charge in [0.2, 0.25) is 0 Å². The quantitative estimate of drug-likeness (QED) is 0.210. The van der Waals surface area contributed by atoms with Gasteiger partial charge in [-0.15, -0.1) is 11.5 Å². The Labute approximate surface area is 206 Å². The van der Waals surface area contributed by atoms with Crippen LogP contribution in [0.15, 0.2) is 24.4 Å². The van der Waals surface area contributed by atoms with Crippen molar-refractivity contribution in [2.45, 2.75) is 96.8 Å². The first-order valence-electron chi connectivity index (χ1n) is 12.8. The van der Waals surface area contributed by atoms with E-state index in [4.69, 9.17) is 4.74 Å². The van der Waals surface area contributed by atoms with Crippen LogP contribution in [0.3, 0.4) is 0 Å². The Morgan fingerprint density at radius 3 is 2.50 bits per heavy atom. The number of ether oxygens (including phenoxy) is 1. The molecule has 0 radical (unpaired) electrons. The molecule has 0 N–H and O–H groups in total. The molecule has 1 aromatic heterocycles. The van der Waals surface area contributed by atoms with Gasteiger partial charge in [-0.1, -0.05) is 48.0 Å². The van der Waals surface area contributed by atoms with Gasteiger partial charge in [0, 0.05) is 29.8 Å². The highest BCUT2D eigenvalue weighted by Gasteiger charge is 2.43. The Kier molecular flexibility index (Phi) is 8.41. The van der Waals surface area contributed by atoms with E-state index in [1.54, 1.807) is 24.1 Å². The number of aromatic nitrogens is 1. The average Bonchev–Trinajstić information content (AvgIpc) is 3.05. The van der Waals surface area contributed by atoms with Crippen molar-refractivity contribution in [1.29, 1.82) is 0 Å². The maximum atomic E-state index is 13.4. The second-order valence-corrected chi connectivity index (χ2v) is 16.1. The van der Waals surface area contributed by atoms with Crippen LogP contribution in [-0.2, 0) is 9.53 Å². The third-order valence-electron chi connectivity index (χ3n) is 7.68. The first kappa shape index (κ1) is 26.2. The highest BCUT2D eigenvalue weighted by atomic mass is 28.3. The summed E-state index contributed by atoms with van der Waals surface area (Å²) in [6.45, 7) is 16.1. The molecule has 6 heteroatoms. The van der Waals surface area contributed by atoms with Crippen LogP contribution in [0.5, 0.6) is 0 Å². The van der Waals surface area contributed by atoms with E-state index in [0.29, 0.717) is 40.2 Å². The van der Waals surface area contributed by atoms with Crippen molar-refractivity contribution >= 4 is 25.6 Å². The maximum absolute atomic E-state index is 13.4. The Bertz CT molecular complexity index is 981. The summed E-state index contributed by atoms with van der Waals surface area (Å²) in [6, 6.07) is 3.67. The second kappa shape index (κ2) is 10.9. The molecule has 0 bridgehead atoms. The van der Waals surface area contributed by atoms with Gasteiger partial charge < -0.3 is 9.64 Å². The molecule has 0 aromatic carbocycles. The minimum absolute atomic E-state index is 0.00337. The lowest BCUT2D eigenvalue weighted by molar-refractivity contribution is -0.137. The lowest BCUT2D eigenvalue weighted by Crippen LogP contribution is -2.43. The lowest BCUT2D eigenvalue weighted by Gasteiger charge is -2.38. The minimum atomic E-state index is -1.80. The molecule has 2 atom stereocenters. The molecule has 2 unspecified atom stereocenters. The molecule has 1 aliphatic carbocycles. The number of carbonyl (C=O) groups is 2. The number of rotatable bonds is 6. The molecule has 1 aromatic rings. The monoisotopic (exact) mass is 480 g/mol. The van der Waals surface area contributed by atoms with Gasteiger partial charge in [-0.2, -0.15) is 0 Å². The van der Waals surface area contributed by atoms with Crippen LogP contribution in [0.2, 0.25) is 16.6 Å². The van der Waals surface area contributed by atoms with Gasteiger partial charge in [-0.3, -0.25) is 9.78 Å². The fraction of sp³-hybridized carbons (Fsp3) is 0.607. The second-order valence-electron chi connectivity index (χ2n) is 10.5. The van der Waals surface area contributed by atoms with Gasteiger partial charge in [0.05, 0.1) is 12.3 Å². The third-order valence-corrected chi connectivity index (χ3v) is 14.0. The van der Waals surface area contributed by atoms with E-state index in [1.807, 2.05) is 6.07 Å². The summed E-state index contributed by atoms with van der Waals surface area (Å²) < 4.78 is 5.16. The van der Waals surface area contributed by atoms with Crippen LogP contribution in [0.25, 0.3) is 5.70 Å². The van der Waals surface area contributed by atoms with Crippen LogP contribution in [0.4, 0.5) is 0 Å². The smallest absolute Gasteiger partial charge is 0.332 e. The largest absolute Gasteiger partial charge is 0.463 e. The van der Waals surface area contributed by atoms with E-state index in [2.05, 4.69) is 58.0 Å². The van der Waals surface area contributed by atoms with Crippen molar-refractivity contribution in [3.8, 4) is 11.5 Å². The fourth-order valence-electron chi connectivity index (χ4n) is 6.13. The van der Waals surface area contributed by atoms with E-state index in [-0.39, 0.29) is 17.9 Å². The van der Waals surface area contributed by atoms with Crippen LogP contribution in [-0.4, -0.2) is 42.5 Å². The van der Waals surface area contributed by atoms with Gasteiger partial charge in [0.15, 0.2) is 0 Å². The normalized spacial score (nSPS) is 21.8. The zero-order valence-corrected chi connectivity index (χ0v) is 22.9. The summed E-state index contributed by atoms with van der Waals surface area (Å²) in [5, 5.41) is 0. The number of fused-ring (bicyclic) bond motifs is 1. The van der Waals surface area contributed by atoms with Crippen molar-refractivity contribution in [1.82, 2.24) is 9.88 Å². The van der Waals surface area contributed by atoms with Crippen molar-refractivity contribution in [3.05, 3.63) is 35.7 Å². The minimum Gasteiger partial charge on any atom is -0.463 e. The first-order chi connectivity index (χ1) is 16.1. The molecule has 0 saturated heterocycles. The zero-order valence-electron chi connectivity index (χ0n) is 21.9. The Balaban J connectivity index is 1.92. The van der Waals surface area contributed by atoms with E-state index in [0.717, 1.165) is 25.7 Å². The molecular formula is C28H40N2O3Si. The highest BCUT2D eigenvalue weighted by Crippen LogP contribution is 2.42. The summed E-state index contributed by atoms with van der Waals surface area (Å²) in [4.78, 5) is 31.8. The van der Waals surface area contributed by atoms with Crippen LogP contribution < -0.4 is 0 Å². The van der Waals surface area contributed by atoms with Crippen LogP contribution >= 0.6 is 0 Å². The highest BCUT2D eigenvalue weighted by molar-refractivity contribution is 6.90.